The summed E-state index contributed by atoms with van der Waals surface area (Å²) >= 11 is 0. The Hall–Kier alpha value is -3.10. The van der Waals surface area contributed by atoms with Crippen molar-refractivity contribution in [3.05, 3.63) is 122 Å². The third-order valence-corrected chi connectivity index (χ3v) is 17.4. The lowest BCUT2D eigenvalue weighted by molar-refractivity contribution is -0.870. The maximum Gasteiger partial charge on any atom is 0.472 e. The number of quaternary nitrogens is 1. The monoisotopic (exact) mass is 1260 g/mol. The predicted octanol–water partition coefficient (Wildman–Crippen LogP) is 24.4. The van der Waals surface area contributed by atoms with Gasteiger partial charge < -0.3 is 19.8 Å². The molecule has 3 N–H and O–H groups in total. The first-order valence-electron chi connectivity index (χ1n) is 37.4. The van der Waals surface area contributed by atoms with Gasteiger partial charge in [-0.25, -0.2) is 4.57 Å². The second-order valence-corrected chi connectivity index (χ2v) is 27.7. The van der Waals surface area contributed by atoms with Crippen molar-refractivity contribution in [2.75, 3.05) is 40.9 Å². The molecule has 0 aliphatic heterocycles. The van der Waals surface area contributed by atoms with Crippen LogP contribution in [0.25, 0.3) is 0 Å². The molecule has 0 aliphatic carbocycles. The van der Waals surface area contributed by atoms with Crippen molar-refractivity contribution in [3.63, 3.8) is 0 Å². The summed E-state index contributed by atoms with van der Waals surface area (Å²) in [6.07, 6.45) is 104. The number of nitrogens with zero attached hydrogens (tertiary/aromatic N) is 1. The molecule has 0 spiro atoms. The van der Waals surface area contributed by atoms with Gasteiger partial charge in [0.25, 0.3) is 0 Å². The summed E-state index contributed by atoms with van der Waals surface area (Å²) < 4.78 is 23.8. The number of carbonyl (C=O) groups excluding carboxylic acids is 1. The SMILES string of the molecule is CC/C=C\C/C=C\C/C=C\C/C=C\C/C=C\C/C=C\C/C=C\CCCCCCCCCCCCCCCCCC(=O)NC(COP(=O)(O)OCC[N+](C)(C)C)C(O)/C=C/CC/C=C/CC/C=C/CCCCCCCCCCCCCCCCCCCCCC. The lowest BCUT2D eigenvalue weighted by atomic mass is 10.0. The highest BCUT2D eigenvalue weighted by molar-refractivity contribution is 7.47. The Morgan fingerprint density at radius 3 is 1.03 bits per heavy atom. The van der Waals surface area contributed by atoms with E-state index < -0.39 is 20.0 Å². The summed E-state index contributed by atoms with van der Waals surface area (Å²) in [4.78, 5) is 23.5. The Morgan fingerprint density at radius 2 is 0.685 bits per heavy atom. The molecule has 0 rings (SSSR count). The number of aliphatic hydroxyl groups is 1. The van der Waals surface area contributed by atoms with Crippen LogP contribution in [-0.4, -0.2) is 73.4 Å². The first kappa shape index (κ1) is 85.9. The number of unbranched alkanes of at least 4 members (excludes halogenated alkanes) is 37. The van der Waals surface area contributed by atoms with Gasteiger partial charge in [0.2, 0.25) is 5.91 Å². The van der Waals surface area contributed by atoms with Crippen LogP contribution in [0.2, 0.25) is 0 Å². The predicted molar refractivity (Wildman–Crippen MR) is 392 cm³/mol. The third-order valence-electron chi connectivity index (χ3n) is 16.4. The minimum Gasteiger partial charge on any atom is -0.387 e. The number of carbonyl (C=O) groups is 1. The fraction of sp³-hybridized carbons (Fsp3) is 0.738. The molecule has 89 heavy (non-hydrogen) atoms. The molecule has 0 aromatic carbocycles. The minimum atomic E-state index is -4.37. The van der Waals surface area contributed by atoms with Crippen molar-refractivity contribution < 1.29 is 32.9 Å². The van der Waals surface area contributed by atoms with Gasteiger partial charge in [0.15, 0.2) is 0 Å². The lowest BCUT2D eigenvalue weighted by Crippen LogP contribution is -2.45. The molecule has 0 radical (unpaired) electrons. The van der Waals surface area contributed by atoms with Crippen molar-refractivity contribution in [2.45, 2.75) is 341 Å². The Labute approximate surface area is 552 Å². The van der Waals surface area contributed by atoms with Crippen molar-refractivity contribution in [2.24, 2.45) is 0 Å². The molecule has 0 aliphatic rings. The first-order valence-corrected chi connectivity index (χ1v) is 38.9. The van der Waals surface area contributed by atoms with Gasteiger partial charge in [0.05, 0.1) is 39.9 Å². The fourth-order valence-corrected chi connectivity index (χ4v) is 11.4. The van der Waals surface area contributed by atoms with E-state index in [0.29, 0.717) is 17.4 Å². The summed E-state index contributed by atoms with van der Waals surface area (Å²) in [5.41, 5.74) is 0. The standard InChI is InChI=1S/C80H143N2O6P/c1-6-8-10-12-14-16-18-20-22-24-26-28-30-32-34-36-38-39-40-41-42-43-44-46-48-50-52-54-56-58-60-62-64-66-68-70-72-74-80(84)81-78(77-88-89(85,86)87-76-75-82(3,4)5)79(83)73-71-69-67-65-63-61-59-57-55-53-51-49-47-45-37-35-33-31-29-27-25-23-21-19-17-15-13-11-9-7-2/h8,10,14,16,20,22,26,28,32,34,38-39,41-42,55,57,63,65,71,73,78-79,83H,6-7,9,11-13,15,17-19,21,23-25,27,29-31,33,35-37,40,43-54,56,58-62,64,66-70,72,74-77H2,1-5H3,(H-,81,84,85,86)/p+1/b10-8-,16-14-,22-20-,28-26-,34-32-,39-38-,42-41-,57-55+,65-63+,73-71+. The number of phosphoric acid groups is 1. The molecule has 0 heterocycles. The van der Waals surface area contributed by atoms with E-state index in [4.69, 9.17) is 9.05 Å². The number of phosphoric ester groups is 1. The quantitative estimate of drug-likeness (QED) is 0.0243. The smallest absolute Gasteiger partial charge is 0.387 e. The molecule has 1 amide bonds. The Bertz CT molecular complexity index is 1870. The van der Waals surface area contributed by atoms with Crippen molar-refractivity contribution in [3.8, 4) is 0 Å². The number of allylic oxidation sites excluding steroid dienone is 19. The molecule has 3 atom stereocenters. The number of rotatable bonds is 68. The summed E-state index contributed by atoms with van der Waals surface area (Å²) in [5, 5.41) is 14.0. The van der Waals surface area contributed by atoms with Crippen LogP contribution in [0.5, 0.6) is 0 Å². The second kappa shape index (κ2) is 69.2. The second-order valence-electron chi connectivity index (χ2n) is 26.3. The van der Waals surface area contributed by atoms with Crippen LogP contribution in [0.1, 0.15) is 328 Å². The number of hydrogen-bond donors (Lipinski definition) is 3. The van der Waals surface area contributed by atoms with Gasteiger partial charge in [-0.1, -0.05) is 341 Å². The van der Waals surface area contributed by atoms with Crippen molar-refractivity contribution in [1.82, 2.24) is 5.32 Å². The van der Waals surface area contributed by atoms with Gasteiger partial charge in [0.1, 0.15) is 13.2 Å². The molecule has 8 nitrogen and oxygen atoms in total. The van der Waals surface area contributed by atoms with Crippen LogP contribution >= 0.6 is 7.82 Å². The van der Waals surface area contributed by atoms with Gasteiger partial charge in [-0.3, -0.25) is 13.8 Å². The van der Waals surface area contributed by atoms with E-state index in [1.807, 2.05) is 27.2 Å². The first-order chi connectivity index (χ1) is 43.5. The maximum absolute atomic E-state index is 13.1. The fourth-order valence-electron chi connectivity index (χ4n) is 10.6. The zero-order chi connectivity index (χ0) is 64.8. The molecule has 0 bridgehead atoms. The van der Waals surface area contributed by atoms with E-state index in [1.165, 1.54) is 218 Å². The maximum atomic E-state index is 13.1. The van der Waals surface area contributed by atoms with Crippen molar-refractivity contribution >= 4 is 13.7 Å². The third kappa shape index (κ3) is 72.2. The zero-order valence-electron chi connectivity index (χ0n) is 58.9. The van der Waals surface area contributed by atoms with Crippen molar-refractivity contribution in [1.29, 1.82) is 0 Å². The van der Waals surface area contributed by atoms with E-state index in [9.17, 15) is 19.4 Å². The van der Waals surface area contributed by atoms with Crippen LogP contribution in [0.15, 0.2) is 122 Å². The number of hydrogen-bond acceptors (Lipinski definition) is 5. The summed E-state index contributed by atoms with van der Waals surface area (Å²) in [5.74, 6) is -0.192. The van der Waals surface area contributed by atoms with Crippen LogP contribution in [-0.2, 0) is 18.4 Å². The molecular weight excluding hydrogens is 1120 g/mol. The number of likely N-dealkylation sites (N-methyl/N-ethyl adjacent to an activating group) is 1. The van der Waals surface area contributed by atoms with Crippen LogP contribution in [0, 0.1) is 0 Å². The van der Waals surface area contributed by atoms with E-state index in [2.05, 4.69) is 129 Å². The molecule has 0 aromatic rings. The number of aliphatic hydroxyl groups excluding tert-OH is 1. The molecule has 3 unspecified atom stereocenters. The normalized spacial score (nSPS) is 14.3. The van der Waals surface area contributed by atoms with E-state index in [-0.39, 0.29) is 19.1 Å². The van der Waals surface area contributed by atoms with E-state index in [0.717, 1.165) is 89.9 Å². The van der Waals surface area contributed by atoms with E-state index in [1.54, 1.807) is 6.08 Å². The van der Waals surface area contributed by atoms with Gasteiger partial charge >= 0.3 is 7.82 Å². The van der Waals surface area contributed by atoms with Crippen LogP contribution in [0.4, 0.5) is 0 Å². The molecule has 9 heteroatoms. The van der Waals surface area contributed by atoms with Crippen LogP contribution < -0.4 is 5.32 Å². The highest BCUT2D eigenvalue weighted by Gasteiger charge is 2.28. The zero-order valence-corrected chi connectivity index (χ0v) is 59.8. The molecule has 0 saturated carbocycles. The average Bonchev–Trinajstić information content (AvgIpc) is 3.57. The molecule has 0 aromatic heterocycles. The van der Waals surface area contributed by atoms with E-state index >= 15 is 0 Å². The Morgan fingerprint density at radius 1 is 0.393 bits per heavy atom. The Kier molecular flexibility index (Phi) is 66.8. The minimum absolute atomic E-state index is 0.0495. The van der Waals surface area contributed by atoms with Gasteiger partial charge in [-0.15, -0.1) is 0 Å². The number of amides is 1. The van der Waals surface area contributed by atoms with Gasteiger partial charge in [0, 0.05) is 6.42 Å². The largest absolute Gasteiger partial charge is 0.472 e. The Balaban J connectivity index is 4.10. The molecular formula is C80H144N2O6P+. The van der Waals surface area contributed by atoms with Gasteiger partial charge in [-0.2, -0.15) is 0 Å². The number of nitrogens with one attached hydrogen (secondary N) is 1. The molecule has 514 valence electrons. The highest BCUT2D eigenvalue weighted by Crippen LogP contribution is 2.43. The molecule has 0 saturated heterocycles. The van der Waals surface area contributed by atoms with Crippen LogP contribution in [0.3, 0.4) is 0 Å². The summed E-state index contributed by atoms with van der Waals surface area (Å²) in [7, 11) is 1.54. The summed E-state index contributed by atoms with van der Waals surface area (Å²) in [6, 6.07) is -0.879. The topological polar surface area (TPSA) is 105 Å². The summed E-state index contributed by atoms with van der Waals surface area (Å²) in [6.45, 7) is 4.70. The van der Waals surface area contributed by atoms with Gasteiger partial charge in [-0.05, 0) is 103 Å². The lowest BCUT2D eigenvalue weighted by Gasteiger charge is -2.25. The molecule has 0 fully saturated rings. The average molecular weight is 1260 g/mol. The highest BCUT2D eigenvalue weighted by atomic mass is 31.2.